The van der Waals surface area contributed by atoms with Gasteiger partial charge in [-0.15, -0.1) is 0 Å². The summed E-state index contributed by atoms with van der Waals surface area (Å²) in [5.41, 5.74) is 1.15. The minimum Gasteiger partial charge on any atom is -0.0991 e. The SMILES string of the molecule is C=C/C=C(/C)C=C.C=CC=C.CC.CC.CC. The first-order valence-electron chi connectivity index (χ1n) is 6.38. The number of allylic oxidation sites excluding steroid dienone is 6. The normalized spacial score (nSPS) is 6.65. The van der Waals surface area contributed by atoms with Crippen molar-refractivity contribution in [2.75, 3.05) is 0 Å². The predicted octanol–water partition coefficient (Wildman–Crippen LogP) is 6.74. The molecule has 0 saturated carbocycles. The fourth-order valence-electron chi connectivity index (χ4n) is 0.254. The van der Waals surface area contributed by atoms with E-state index >= 15 is 0 Å². The average Bonchev–Trinajstić information content (AvgIpc) is 2.46. The molecule has 17 heavy (non-hydrogen) atoms. The molecule has 0 bridgehead atoms. The van der Waals surface area contributed by atoms with E-state index < -0.39 is 0 Å². The number of hydrogen-bond donors (Lipinski definition) is 0. The Morgan fingerprint density at radius 3 is 1.00 bits per heavy atom. The third-order valence-corrected chi connectivity index (χ3v) is 0.869. The molecule has 0 aliphatic heterocycles. The van der Waals surface area contributed by atoms with Crippen LogP contribution >= 0.6 is 0 Å². The van der Waals surface area contributed by atoms with E-state index in [-0.39, 0.29) is 0 Å². The molecule has 0 aromatic heterocycles. The summed E-state index contributed by atoms with van der Waals surface area (Å²) in [7, 11) is 0. The zero-order chi connectivity index (χ0) is 15.1. The Hall–Kier alpha value is -1.30. The van der Waals surface area contributed by atoms with Gasteiger partial charge in [-0.25, -0.2) is 0 Å². The van der Waals surface area contributed by atoms with Crippen LogP contribution in [0, 0.1) is 0 Å². The third kappa shape index (κ3) is 107. The summed E-state index contributed by atoms with van der Waals surface area (Å²) in [6.07, 6.45) is 8.73. The van der Waals surface area contributed by atoms with Crippen molar-refractivity contribution in [1.82, 2.24) is 0 Å². The Morgan fingerprint density at radius 2 is 0.941 bits per heavy atom. The van der Waals surface area contributed by atoms with Crippen molar-refractivity contribution in [1.29, 1.82) is 0 Å². The Kier molecular flexibility index (Phi) is 107. The molecule has 0 nitrogen and oxygen atoms in total. The van der Waals surface area contributed by atoms with Gasteiger partial charge in [0, 0.05) is 0 Å². The first kappa shape index (κ1) is 29.6. The molecule has 0 saturated heterocycles. The van der Waals surface area contributed by atoms with Crippen LogP contribution in [-0.4, -0.2) is 0 Å². The van der Waals surface area contributed by atoms with Gasteiger partial charge in [0.05, 0.1) is 0 Å². The van der Waals surface area contributed by atoms with Gasteiger partial charge in [-0.3, -0.25) is 0 Å². The average molecular weight is 238 g/mol. The summed E-state index contributed by atoms with van der Waals surface area (Å²) in [6, 6.07) is 0. The van der Waals surface area contributed by atoms with E-state index in [0.29, 0.717) is 0 Å². The van der Waals surface area contributed by atoms with Crippen molar-refractivity contribution < 1.29 is 0 Å². The highest BCUT2D eigenvalue weighted by molar-refractivity contribution is 5.17. The zero-order valence-electron chi connectivity index (χ0n) is 13.2. The van der Waals surface area contributed by atoms with Gasteiger partial charge < -0.3 is 0 Å². The van der Waals surface area contributed by atoms with Gasteiger partial charge in [-0.05, 0) is 6.92 Å². The Balaban J connectivity index is -0.0000000412. The second-order valence-corrected chi connectivity index (χ2v) is 1.82. The van der Waals surface area contributed by atoms with Crippen molar-refractivity contribution in [3.63, 3.8) is 0 Å². The van der Waals surface area contributed by atoms with Crippen LogP contribution in [-0.2, 0) is 0 Å². The molecule has 0 aliphatic rings. The highest BCUT2D eigenvalue weighted by Crippen LogP contribution is 1.90. The smallest absolute Gasteiger partial charge is 0.0398 e. The molecular formula is C17H34. The van der Waals surface area contributed by atoms with Gasteiger partial charge in [0.15, 0.2) is 0 Å². The molecule has 102 valence electrons. The summed E-state index contributed by atoms with van der Waals surface area (Å²) in [4.78, 5) is 0. The number of rotatable bonds is 3. The minimum absolute atomic E-state index is 1.15. The van der Waals surface area contributed by atoms with E-state index in [9.17, 15) is 0 Å². The predicted molar refractivity (Wildman–Crippen MR) is 88.6 cm³/mol. The summed E-state index contributed by atoms with van der Waals surface area (Å²) in [5, 5.41) is 0. The van der Waals surface area contributed by atoms with Crippen molar-refractivity contribution in [2.45, 2.75) is 48.5 Å². The van der Waals surface area contributed by atoms with Crippen molar-refractivity contribution in [3.05, 3.63) is 62.3 Å². The van der Waals surface area contributed by atoms with E-state index in [2.05, 4.69) is 26.3 Å². The molecule has 0 aromatic carbocycles. The molecule has 0 aromatic rings. The zero-order valence-corrected chi connectivity index (χ0v) is 13.2. The van der Waals surface area contributed by atoms with E-state index in [1.54, 1.807) is 24.3 Å². The van der Waals surface area contributed by atoms with Crippen molar-refractivity contribution in [3.8, 4) is 0 Å². The van der Waals surface area contributed by atoms with Crippen LogP contribution in [0.15, 0.2) is 62.3 Å². The first-order valence-corrected chi connectivity index (χ1v) is 6.38. The molecule has 0 heteroatoms. The van der Waals surface area contributed by atoms with Crippen molar-refractivity contribution in [2.24, 2.45) is 0 Å². The molecule has 0 fully saturated rings. The first-order chi connectivity index (χ1) is 8.22. The van der Waals surface area contributed by atoms with Crippen LogP contribution in [0.25, 0.3) is 0 Å². The standard InChI is InChI=1S/C7H10.C4H6.3C2H6/c1-4-6-7(3)5-2;1-3-4-2;3*1-2/h4-6H,1-2H2,3H3;3-4H,1-2H2;3*1-2H3/b7-6-;;;;. The van der Waals surface area contributed by atoms with Crippen LogP contribution in [0.1, 0.15) is 48.5 Å². The fourth-order valence-corrected chi connectivity index (χ4v) is 0.254. The Bertz CT molecular complexity index is 153. The number of hydrogen-bond acceptors (Lipinski definition) is 0. The second-order valence-electron chi connectivity index (χ2n) is 1.82. The molecule has 0 aliphatic carbocycles. The van der Waals surface area contributed by atoms with Gasteiger partial charge >= 0.3 is 0 Å². The lowest BCUT2D eigenvalue weighted by Crippen LogP contribution is -1.58. The van der Waals surface area contributed by atoms with Crippen molar-refractivity contribution >= 4 is 0 Å². The van der Waals surface area contributed by atoms with E-state index in [1.165, 1.54) is 0 Å². The van der Waals surface area contributed by atoms with Crippen LogP contribution in [0.4, 0.5) is 0 Å². The highest BCUT2D eigenvalue weighted by atomic mass is 13.8. The lowest BCUT2D eigenvalue weighted by atomic mass is 10.3. The fraction of sp³-hybridized carbons (Fsp3) is 0.412. The maximum absolute atomic E-state index is 3.56. The molecule has 0 spiro atoms. The topological polar surface area (TPSA) is 0 Å². The van der Waals surface area contributed by atoms with Crippen LogP contribution in [0.2, 0.25) is 0 Å². The van der Waals surface area contributed by atoms with E-state index in [1.807, 2.05) is 54.5 Å². The molecule has 0 N–H and O–H groups in total. The maximum Gasteiger partial charge on any atom is -0.0398 e. The quantitative estimate of drug-likeness (QED) is 0.477. The Labute approximate surface area is 111 Å². The van der Waals surface area contributed by atoms with Gasteiger partial charge in [-0.1, -0.05) is 104 Å². The molecule has 0 radical (unpaired) electrons. The third-order valence-electron chi connectivity index (χ3n) is 0.869. The lowest BCUT2D eigenvalue weighted by Gasteiger charge is -1.80. The van der Waals surface area contributed by atoms with Crippen LogP contribution in [0.5, 0.6) is 0 Å². The summed E-state index contributed by atoms with van der Waals surface area (Å²) in [5.74, 6) is 0. The molecule has 0 unspecified atom stereocenters. The minimum atomic E-state index is 1.15. The largest absolute Gasteiger partial charge is 0.0991 e. The summed E-state index contributed by atoms with van der Waals surface area (Å²) in [6.45, 7) is 27.8. The Morgan fingerprint density at radius 1 is 0.647 bits per heavy atom. The van der Waals surface area contributed by atoms with Crippen LogP contribution < -0.4 is 0 Å². The molecule has 0 atom stereocenters. The van der Waals surface area contributed by atoms with Gasteiger partial charge in [0.2, 0.25) is 0 Å². The van der Waals surface area contributed by atoms with Gasteiger partial charge in [0.1, 0.15) is 0 Å². The monoisotopic (exact) mass is 238 g/mol. The van der Waals surface area contributed by atoms with Gasteiger partial charge in [-0.2, -0.15) is 0 Å². The summed E-state index contributed by atoms with van der Waals surface area (Å²) >= 11 is 0. The lowest BCUT2D eigenvalue weighted by molar-refractivity contribution is 1.50. The molecule has 0 amide bonds. The van der Waals surface area contributed by atoms with Crippen LogP contribution in [0.3, 0.4) is 0 Å². The van der Waals surface area contributed by atoms with E-state index in [4.69, 9.17) is 0 Å². The molecule has 0 rings (SSSR count). The maximum atomic E-state index is 3.56. The summed E-state index contributed by atoms with van der Waals surface area (Å²) < 4.78 is 0. The molecule has 0 heterocycles. The van der Waals surface area contributed by atoms with E-state index in [0.717, 1.165) is 5.57 Å². The van der Waals surface area contributed by atoms with Gasteiger partial charge in [0.25, 0.3) is 0 Å². The second kappa shape index (κ2) is 61.5. The molecular weight excluding hydrogens is 204 g/mol. The highest BCUT2D eigenvalue weighted by Gasteiger charge is 1.68.